The molecule has 0 saturated carbocycles. The molecule has 0 spiro atoms. The van der Waals surface area contributed by atoms with Crippen LogP contribution in [0.2, 0.25) is 0 Å². The van der Waals surface area contributed by atoms with Crippen LogP contribution in [0.3, 0.4) is 0 Å². The van der Waals surface area contributed by atoms with Gasteiger partial charge in [0.25, 0.3) is 0 Å². The van der Waals surface area contributed by atoms with Gasteiger partial charge >= 0.3 is 0 Å². The standard InChI is InChI=1S/C10H11N/c1-2-3-4-9-5-7-10(11)8-6-9/h2-8H,1,11H2. The lowest BCUT2D eigenvalue weighted by atomic mass is 10.2. The molecule has 0 bridgehead atoms. The van der Waals surface area contributed by atoms with Crippen molar-refractivity contribution in [2.45, 2.75) is 0 Å². The Morgan fingerprint density at radius 2 is 1.82 bits per heavy atom. The highest BCUT2D eigenvalue weighted by Gasteiger charge is 1.84. The zero-order chi connectivity index (χ0) is 8.10. The summed E-state index contributed by atoms with van der Waals surface area (Å²) in [7, 11) is 0. The second-order valence-electron chi connectivity index (χ2n) is 2.26. The molecule has 0 saturated heterocycles. The van der Waals surface area contributed by atoms with Gasteiger partial charge in [0.15, 0.2) is 0 Å². The summed E-state index contributed by atoms with van der Waals surface area (Å²) in [6, 6.07) is 7.69. The minimum absolute atomic E-state index is 0.792. The first-order valence-corrected chi connectivity index (χ1v) is 3.47. The van der Waals surface area contributed by atoms with Gasteiger partial charge in [-0.15, -0.1) is 0 Å². The van der Waals surface area contributed by atoms with Gasteiger partial charge in [-0.1, -0.05) is 36.9 Å². The first kappa shape index (κ1) is 7.61. The molecule has 0 aliphatic heterocycles. The van der Waals surface area contributed by atoms with Crippen molar-refractivity contribution in [1.82, 2.24) is 0 Å². The Labute approximate surface area is 66.9 Å². The number of nitrogens with two attached hydrogens (primary N) is 1. The molecule has 11 heavy (non-hydrogen) atoms. The summed E-state index contributed by atoms with van der Waals surface area (Å²) in [6.45, 7) is 3.58. The Balaban J connectivity index is 2.81. The molecular formula is C10H11N. The molecule has 0 atom stereocenters. The molecule has 0 aromatic heterocycles. The van der Waals surface area contributed by atoms with Crippen LogP contribution in [-0.4, -0.2) is 0 Å². The van der Waals surface area contributed by atoms with Crippen LogP contribution in [0.4, 0.5) is 5.69 Å². The van der Waals surface area contributed by atoms with E-state index in [0.717, 1.165) is 11.3 Å². The molecule has 1 aromatic carbocycles. The minimum atomic E-state index is 0.792. The summed E-state index contributed by atoms with van der Waals surface area (Å²) in [5.74, 6) is 0. The third kappa shape index (κ3) is 2.30. The maximum absolute atomic E-state index is 5.51. The van der Waals surface area contributed by atoms with E-state index in [-0.39, 0.29) is 0 Å². The summed E-state index contributed by atoms with van der Waals surface area (Å²) < 4.78 is 0. The van der Waals surface area contributed by atoms with Crippen LogP contribution < -0.4 is 5.73 Å². The van der Waals surface area contributed by atoms with Crippen LogP contribution in [-0.2, 0) is 0 Å². The molecule has 1 nitrogen and oxygen atoms in total. The number of anilines is 1. The molecule has 0 aliphatic rings. The summed E-state index contributed by atoms with van der Waals surface area (Å²) in [4.78, 5) is 0. The van der Waals surface area contributed by atoms with Crippen molar-refractivity contribution in [3.63, 3.8) is 0 Å². The van der Waals surface area contributed by atoms with Crippen LogP contribution >= 0.6 is 0 Å². The normalized spacial score (nSPS) is 10.2. The van der Waals surface area contributed by atoms with E-state index >= 15 is 0 Å². The van der Waals surface area contributed by atoms with Crippen LogP contribution in [0, 0.1) is 0 Å². The van der Waals surface area contributed by atoms with Crippen LogP contribution in [0.1, 0.15) is 5.56 Å². The number of nitrogen functional groups attached to an aromatic ring is 1. The Hall–Kier alpha value is -1.50. The Morgan fingerprint density at radius 1 is 1.18 bits per heavy atom. The molecule has 0 unspecified atom stereocenters. The van der Waals surface area contributed by atoms with Gasteiger partial charge in [-0.05, 0) is 17.7 Å². The van der Waals surface area contributed by atoms with Gasteiger partial charge in [0.2, 0.25) is 0 Å². The Bertz CT molecular complexity index is 257. The molecular weight excluding hydrogens is 134 g/mol. The molecule has 1 heteroatoms. The van der Waals surface area contributed by atoms with Gasteiger partial charge in [0.1, 0.15) is 0 Å². The zero-order valence-electron chi connectivity index (χ0n) is 6.33. The molecule has 2 N–H and O–H groups in total. The fourth-order valence-electron chi connectivity index (χ4n) is 0.786. The number of allylic oxidation sites excluding steroid dienone is 2. The smallest absolute Gasteiger partial charge is 0.0314 e. The number of hydrogen-bond acceptors (Lipinski definition) is 1. The lowest BCUT2D eigenvalue weighted by molar-refractivity contribution is 1.64. The minimum Gasteiger partial charge on any atom is -0.399 e. The van der Waals surface area contributed by atoms with Crippen LogP contribution in [0.25, 0.3) is 6.08 Å². The summed E-state index contributed by atoms with van der Waals surface area (Å²) in [5, 5.41) is 0. The zero-order valence-corrected chi connectivity index (χ0v) is 6.33. The van der Waals surface area contributed by atoms with Gasteiger partial charge in [-0.2, -0.15) is 0 Å². The number of hydrogen-bond donors (Lipinski definition) is 1. The summed E-state index contributed by atoms with van der Waals surface area (Å²) in [5.41, 5.74) is 7.44. The highest BCUT2D eigenvalue weighted by atomic mass is 14.5. The molecule has 56 valence electrons. The van der Waals surface area contributed by atoms with Gasteiger partial charge < -0.3 is 5.73 Å². The second-order valence-corrected chi connectivity index (χ2v) is 2.26. The highest BCUT2D eigenvalue weighted by molar-refractivity contribution is 5.54. The van der Waals surface area contributed by atoms with Gasteiger partial charge in [-0.3, -0.25) is 0 Å². The molecule has 1 rings (SSSR count). The highest BCUT2D eigenvalue weighted by Crippen LogP contribution is 2.06. The predicted octanol–water partition coefficient (Wildman–Crippen LogP) is 2.47. The van der Waals surface area contributed by atoms with E-state index in [1.807, 2.05) is 36.4 Å². The van der Waals surface area contributed by atoms with Gasteiger partial charge in [0, 0.05) is 5.69 Å². The van der Waals surface area contributed by atoms with E-state index in [1.54, 1.807) is 6.08 Å². The second kappa shape index (κ2) is 3.62. The van der Waals surface area contributed by atoms with Crippen molar-refractivity contribution in [3.05, 3.63) is 48.6 Å². The van der Waals surface area contributed by atoms with Gasteiger partial charge in [-0.25, -0.2) is 0 Å². The van der Waals surface area contributed by atoms with E-state index in [0.29, 0.717) is 0 Å². The average Bonchev–Trinajstić information content (AvgIpc) is 2.04. The third-order valence-corrected chi connectivity index (χ3v) is 1.36. The lowest BCUT2D eigenvalue weighted by Gasteiger charge is -1.92. The molecule has 0 aliphatic carbocycles. The molecule has 0 radical (unpaired) electrons. The number of rotatable bonds is 2. The number of benzene rings is 1. The van der Waals surface area contributed by atoms with Crippen molar-refractivity contribution in [2.75, 3.05) is 5.73 Å². The van der Waals surface area contributed by atoms with Crippen LogP contribution in [0.5, 0.6) is 0 Å². The Kier molecular flexibility index (Phi) is 2.50. The molecule has 0 amide bonds. The predicted molar refractivity (Wildman–Crippen MR) is 50.1 cm³/mol. The van der Waals surface area contributed by atoms with E-state index in [4.69, 9.17) is 5.73 Å². The fourth-order valence-corrected chi connectivity index (χ4v) is 0.786. The first-order valence-electron chi connectivity index (χ1n) is 3.47. The van der Waals surface area contributed by atoms with Crippen molar-refractivity contribution in [2.24, 2.45) is 0 Å². The average molecular weight is 145 g/mol. The monoisotopic (exact) mass is 145 g/mol. The lowest BCUT2D eigenvalue weighted by Crippen LogP contribution is -1.82. The largest absolute Gasteiger partial charge is 0.399 e. The van der Waals surface area contributed by atoms with Crippen LogP contribution in [0.15, 0.2) is 43.0 Å². The maximum Gasteiger partial charge on any atom is 0.0314 e. The van der Waals surface area contributed by atoms with Gasteiger partial charge in [0.05, 0.1) is 0 Å². The maximum atomic E-state index is 5.51. The first-order chi connectivity index (χ1) is 5.33. The van der Waals surface area contributed by atoms with Crippen molar-refractivity contribution < 1.29 is 0 Å². The SMILES string of the molecule is C=CC=Cc1ccc(N)cc1. The molecule has 0 fully saturated rings. The van der Waals surface area contributed by atoms with E-state index < -0.39 is 0 Å². The van der Waals surface area contributed by atoms with E-state index in [1.165, 1.54) is 0 Å². The van der Waals surface area contributed by atoms with E-state index in [2.05, 4.69) is 6.58 Å². The Morgan fingerprint density at radius 3 is 2.36 bits per heavy atom. The summed E-state index contributed by atoms with van der Waals surface area (Å²) in [6.07, 6.45) is 5.62. The van der Waals surface area contributed by atoms with E-state index in [9.17, 15) is 0 Å². The topological polar surface area (TPSA) is 26.0 Å². The molecule has 0 heterocycles. The summed E-state index contributed by atoms with van der Waals surface area (Å²) >= 11 is 0. The van der Waals surface area contributed by atoms with Crippen molar-refractivity contribution >= 4 is 11.8 Å². The fraction of sp³-hybridized carbons (Fsp3) is 0. The van der Waals surface area contributed by atoms with Crippen molar-refractivity contribution in [1.29, 1.82) is 0 Å². The third-order valence-electron chi connectivity index (χ3n) is 1.36. The van der Waals surface area contributed by atoms with Crippen molar-refractivity contribution in [3.8, 4) is 0 Å². The quantitative estimate of drug-likeness (QED) is 0.502. The molecule has 1 aromatic rings.